The van der Waals surface area contributed by atoms with E-state index < -0.39 is 0 Å². The molecule has 4 aromatic carbocycles. The molecule has 186 valence electrons. The summed E-state index contributed by atoms with van der Waals surface area (Å²) in [5.74, 6) is 1.52. The van der Waals surface area contributed by atoms with Crippen molar-refractivity contribution in [3.8, 4) is 28.6 Å². The molecule has 2 heterocycles. The number of halogens is 1. The molecule has 2 aromatic heterocycles. The Balaban J connectivity index is 1.42. The fraction of sp³-hybridized carbons (Fsp3) is 0.156. The first kappa shape index (κ1) is 23.6. The number of aryl methyl sites for hydroxylation is 3. The van der Waals surface area contributed by atoms with Gasteiger partial charge in [0.1, 0.15) is 17.5 Å². The summed E-state index contributed by atoms with van der Waals surface area (Å²) >= 11 is 0. The molecule has 6 aromatic rings. The van der Waals surface area contributed by atoms with E-state index in [0.717, 1.165) is 62.4 Å². The summed E-state index contributed by atoms with van der Waals surface area (Å²) in [6.45, 7) is 4.87. The summed E-state index contributed by atoms with van der Waals surface area (Å²) in [6, 6.07) is 27.3. The zero-order chi connectivity index (χ0) is 26.4. The Bertz CT molecular complexity index is 1870. The number of hydrogen-bond donors (Lipinski definition) is 0. The molecule has 0 aliphatic rings. The molecule has 0 spiro atoms. The molecule has 0 aliphatic carbocycles. The maximum absolute atomic E-state index is 13.8. The number of hydrogen-bond acceptors (Lipinski definition) is 3. The Morgan fingerprint density at radius 3 is 2.45 bits per heavy atom. The number of fused-ring (bicyclic) bond motifs is 2. The number of nitriles is 1. The third-order valence-electron chi connectivity index (χ3n) is 7.19. The summed E-state index contributed by atoms with van der Waals surface area (Å²) in [5, 5.41) is 9.48. The fourth-order valence-electron chi connectivity index (χ4n) is 5.25. The minimum Gasteiger partial charge on any atom is -0.327 e. The van der Waals surface area contributed by atoms with Crippen LogP contribution in [0.2, 0.25) is 0 Å². The molecule has 5 nitrogen and oxygen atoms in total. The number of rotatable bonds is 5. The van der Waals surface area contributed by atoms with Gasteiger partial charge in [0, 0.05) is 31.6 Å². The highest BCUT2D eigenvalue weighted by Gasteiger charge is 2.17. The van der Waals surface area contributed by atoms with Gasteiger partial charge in [0.15, 0.2) is 0 Å². The highest BCUT2D eigenvalue weighted by Crippen LogP contribution is 2.31. The summed E-state index contributed by atoms with van der Waals surface area (Å²) in [4.78, 5) is 9.73. The predicted octanol–water partition coefficient (Wildman–Crippen LogP) is 7.19. The van der Waals surface area contributed by atoms with E-state index in [9.17, 15) is 9.65 Å². The second kappa shape index (κ2) is 9.28. The van der Waals surface area contributed by atoms with Crippen molar-refractivity contribution in [2.24, 2.45) is 7.05 Å². The van der Waals surface area contributed by atoms with Gasteiger partial charge < -0.3 is 9.13 Å². The Kier molecular flexibility index (Phi) is 5.77. The quantitative estimate of drug-likeness (QED) is 0.252. The lowest BCUT2D eigenvalue weighted by molar-refractivity contribution is 0.629. The van der Waals surface area contributed by atoms with Gasteiger partial charge in [0.05, 0.1) is 33.7 Å². The van der Waals surface area contributed by atoms with Crippen molar-refractivity contribution in [3.63, 3.8) is 0 Å². The highest BCUT2D eigenvalue weighted by atomic mass is 19.1. The molecule has 0 saturated carbocycles. The number of nitrogens with zero attached hydrogens (tertiary/aromatic N) is 5. The minimum atomic E-state index is -0.290. The Morgan fingerprint density at radius 2 is 1.68 bits per heavy atom. The van der Waals surface area contributed by atoms with E-state index in [4.69, 9.17) is 9.97 Å². The Labute approximate surface area is 220 Å². The van der Waals surface area contributed by atoms with Crippen LogP contribution in [0.5, 0.6) is 0 Å². The molecular formula is C32H26FN5. The van der Waals surface area contributed by atoms with Crippen molar-refractivity contribution >= 4 is 22.1 Å². The van der Waals surface area contributed by atoms with Gasteiger partial charge in [-0.25, -0.2) is 14.4 Å². The monoisotopic (exact) mass is 499 g/mol. The van der Waals surface area contributed by atoms with Gasteiger partial charge >= 0.3 is 0 Å². The van der Waals surface area contributed by atoms with Crippen LogP contribution in [0.1, 0.15) is 29.4 Å². The van der Waals surface area contributed by atoms with E-state index in [-0.39, 0.29) is 5.82 Å². The number of imidazole rings is 2. The summed E-state index contributed by atoms with van der Waals surface area (Å²) in [5.41, 5.74) is 9.39. The molecule has 0 radical (unpaired) electrons. The first-order valence-electron chi connectivity index (χ1n) is 12.7. The van der Waals surface area contributed by atoms with Gasteiger partial charge in [-0.3, -0.25) is 0 Å². The molecule has 0 bridgehead atoms. The van der Waals surface area contributed by atoms with Crippen molar-refractivity contribution in [1.82, 2.24) is 19.1 Å². The fourth-order valence-corrected chi connectivity index (χ4v) is 5.25. The van der Waals surface area contributed by atoms with Crippen LogP contribution >= 0.6 is 0 Å². The molecule has 0 amide bonds. The number of benzene rings is 4. The molecule has 6 heteroatoms. The van der Waals surface area contributed by atoms with Crippen LogP contribution in [0, 0.1) is 24.1 Å². The van der Waals surface area contributed by atoms with E-state index in [1.165, 1.54) is 12.1 Å². The zero-order valence-electron chi connectivity index (χ0n) is 21.5. The van der Waals surface area contributed by atoms with Crippen molar-refractivity contribution in [3.05, 3.63) is 107 Å². The van der Waals surface area contributed by atoms with Crippen LogP contribution in [0.15, 0.2) is 78.9 Å². The molecular weight excluding hydrogens is 473 g/mol. The van der Waals surface area contributed by atoms with Gasteiger partial charge in [0.25, 0.3) is 0 Å². The van der Waals surface area contributed by atoms with Crippen LogP contribution < -0.4 is 0 Å². The van der Waals surface area contributed by atoms with E-state index >= 15 is 0 Å². The van der Waals surface area contributed by atoms with Crippen LogP contribution in [0.25, 0.3) is 44.6 Å². The normalized spacial score (nSPS) is 11.3. The average Bonchev–Trinajstić information content (AvgIpc) is 3.46. The average molecular weight is 500 g/mol. The van der Waals surface area contributed by atoms with Gasteiger partial charge in [-0.1, -0.05) is 49.4 Å². The standard InChI is InChI=1S/C32H26FN5/c1-4-30-36-31-20(2)15-24(32-35-27-17-25(33)13-14-28(27)37(32)3)16-29(31)38(30)19-21-9-11-22(12-10-21)26-8-6-5-7-23(26)18-34/h5-17H,4,19H2,1-3H3. The molecule has 6 rings (SSSR count). The Morgan fingerprint density at radius 1 is 0.895 bits per heavy atom. The van der Waals surface area contributed by atoms with Gasteiger partial charge in [-0.05, 0) is 59.5 Å². The van der Waals surface area contributed by atoms with Crippen molar-refractivity contribution in [2.75, 3.05) is 0 Å². The second-order valence-corrected chi connectivity index (χ2v) is 9.61. The molecule has 0 unspecified atom stereocenters. The van der Waals surface area contributed by atoms with Crippen LogP contribution in [0.3, 0.4) is 0 Å². The molecule has 0 N–H and O–H groups in total. The third-order valence-corrected chi connectivity index (χ3v) is 7.19. The van der Waals surface area contributed by atoms with E-state index in [0.29, 0.717) is 17.6 Å². The van der Waals surface area contributed by atoms with Crippen LogP contribution in [-0.4, -0.2) is 19.1 Å². The van der Waals surface area contributed by atoms with E-state index in [1.54, 1.807) is 6.07 Å². The summed E-state index contributed by atoms with van der Waals surface area (Å²) < 4.78 is 18.1. The second-order valence-electron chi connectivity index (χ2n) is 9.61. The van der Waals surface area contributed by atoms with Crippen molar-refractivity contribution in [1.29, 1.82) is 5.26 Å². The smallest absolute Gasteiger partial charge is 0.140 e. The first-order chi connectivity index (χ1) is 18.5. The number of aromatic nitrogens is 4. The largest absolute Gasteiger partial charge is 0.327 e. The lowest BCUT2D eigenvalue weighted by Crippen LogP contribution is -2.04. The first-order valence-corrected chi connectivity index (χ1v) is 12.7. The van der Waals surface area contributed by atoms with Crippen LogP contribution in [0.4, 0.5) is 4.39 Å². The van der Waals surface area contributed by atoms with Crippen molar-refractivity contribution < 1.29 is 4.39 Å². The van der Waals surface area contributed by atoms with E-state index in [2.05, 4.69) is 60.9 Å². The van der Waals surface area contributed by atoms with Crippen molar-refractivity contribution in [2.45, 2.75) is 26.8 Å². The molecule has 0 saturated heterocycles. The van der Waals surface area contributed by atoms with Gasteiger partial charge in [-0.2, -0.15) is 5.26 Å². The SMILES string of the molecule is CCc1nc2c(C)cc(-c3nc4cc(F)ccc4n3C)cc2n1Cc1ccc(-c2ccccc2C#N)cc1. The van der Waals surface area contributed by atoms with E-state index in [1.807, 2.05) is 35.9 Å². The highest BCUT2D eigenvalue weighted by molar-refractivity contribution is 5.87. The maximum atomic E-state index is 13.8. The minimum absolute atomic E-state index is 0.290. The topological polar surface area (TPSA) is 59.4 Å². The molecule has 38 heavy (non-hydrogen) atoms. The van der Waals surface area contributed by atoms with Gasteiger partial charge in [-0.15, -0.1) is 0 Å². The Hall–Kier alpha value is -4.76. The summed E-state index contributed by atoms with van der Waals surface area (Å²) in [6.07, 6.45) is 0.808. The van der Waals surface area contributed by atoms with Gasteiger partial charge in [0.2, 0.25) is 0 Å². The third kappa shape index (κ3) is 3.93. The van der Waals surface area contributed by atoms with Crippen LogP contribution in [-0.2, 0) is 20.0 Å². The lowest BCUT2D eigenvalue weighted by atomic mass is 9.99. The summed E-state index contributed by atoms with van der Waals surface area (Å²) in [7, 11) is 1.96. The lowest BCUT2D eigenvalue weighted by Gasteiger charge is -2.11. The zero-order valence-corrected chi connectivity index (χ0v) is 21.5. The predicted molar refractivity (Wildman–Crippen MR) is 149 cm³/mol. The molecule has 0 aliphatic heterocycles. The molecule has 0 atom stereocenters. The maximum Gasteiger partial charge on any atom is 0.140 e. The molecule has 0 fully saturated rings.